The molecular formula is C26H19BrN2O4. The van der Waals surface area contributed by atoms with Crippen molar-refractivity contribution in [1.82, 2.24) is 9.47 Å². The molecule has 1 aliphatic rings. The molecule has 0 radical (unpaired) electrons. The summed E-state index contributed by atoms with van der Waals surface area (Å²) in [6, 6.07) is 17.7. The monoisotopic (exact) mass is 502 g/mol. The van der Waals surface area contributed by atoms with E-state index >= 15 is 0 Å². The molecule has 1 unspecified atom stereocenters. The number of aliphatic carboxylic acids is 1. The molecule has 6 nitrogen and oxygen atoms in total. The third kappa shape index (κ3) is 2.89. The highest BCUT2D eigenvalue weighted by Crippen LogP contribution is 2.40. The van der Waals surface area contributed by atoms with Gasteiger partial charge in [-0.3, -0.25) is 9.59 Å². The summed E-state index contributed by atoms with van der Waals surface area (Å²) in [6.45, 7) is 5.19. The van der Waals surface area contributed by atoms with E-state index in [4.69, 9.17) is 0 Å². The van der Waals surface area contributed by atoms with Crippen LogP contribution in [0, 0.1) is 0 Å². The van der Waals surface area contributed by atoms with E-state index in [0.717, 1.165) is 25.7 Å². The normalized spacial score (nSPS) is 15.2. The maximum absolute atomic E-state index is 13.4. The zero-order chi connectivity index (χ0) is 23.5. The number of carboxylic acids is 1. The molecular weight excluding hydrogens is 484 g/mol. The van der Waals surface area contributed by atoms with Crippen LogP contribution < -0.4 is 0 Å². The van der Waals surface area contributed by atoms with Crippen LogP contribution in [-0.4, -0.2) is 32.4 Å². The van der Waals surface area contributed by atoms with Crippen molar-refractivity contribution < 1.29 is 19.5 Å². The minimum absolute atomic E-state index is 0.200. The Bertz CT molecular complexity index is 1480. The molecule has 2 amide bonds. The van der Waals surface area contributed by atoms with Gasteiger partial charge in [-0.25, -0.2) is 9.69 Å². The topological polar surface area (TPSA) is 79.6 Å². The zero-order valence-electron chi connectivity index (χ0n) is 17.7. The van der Waals surface area contributed by atoms with Gasteiger partial charge >= 0.3 is 5.97 Å². The van der Waals surface area contributed by atoms with Gasteiger partial charge in [-0.2, -0.15) is 0 Å². The van der Waals surface area contributed by atoms with Crippen LogP contribution in [0.25, 0.3) is 21.8 Å². The second kappa shape index (κ2) is 7.42. The Labute approximate surface area is 197 Å². The average molecular weight is 503 g/mol. The lowest BCUT2D eigenvalue weighted by Crippen LogP contribution is -2.56. The number of carbonyl (C=O) groups excluding carboxylic acids is 2. The van der Waals surface area contributed by atoms with Crippen molar-refractivity contribution in [2.75, 3.05) is 0 Å². The maximum Gasteiger partial charge on any atom is 0.351 e. The van der Waals surface area contributed by atoms with E-state index < -0.39 is 23.4 Å². The molecule has 33 heavy (non-hydrogen) atoms. The molecule has 164 valence electrons. The summed E-state index contributed by atoms with van der Waals surface area (Å²) in [6.07, 6.45) is 2.36. The molecule has 0 saturated carbocycles. The largest absolute Gasteiger partial charge is 0.478 e. The number of halogens is 1. The first kappa shape index (κ1) is 21.2. The molecule has 5 rings (SSSR count). The molecule has 1 N–H and O–H groups in total. The first-order chi connectivity index (χ1) is 15.8. The van der Waals surface area contributed by atoms with E-state index in [2.05, 4.69) is 22.5 Å². The van der Waals surface area contributed by atoms with E-state index in [9.17, 15) is 19.5 Å². The molecule has 0 spiro atoms. The van der Waals surface area contributed by atoms with Crippen LogP contribution in [0.4, 0.5) is 0 Å². The lowest BCUT2D eigenvalue weighted by molar-refractivity contribution is -0.152. The first-order valence-electron chi connectivity index (χ1n) is 10.3. The highest BCUT2D eigenvalue weighted by atomic mass is 79.9. The summed E-state index contributed by atoms with van der Waals surface area (Å²) in [4.78, 5) is 40.5. The zero-order valence-corrected chi connectivity index (χ0v) is 19.3. The van der Waals surface area contributed by atoms with Crippen molar-refractivity contribution in [2.45, 2.75) is 19.0 Å². The van der Waals surface area contributed by atoms with Gasteiger partial charge in [-0.05, 0) is 55.3 Å². The second-order valence-electron chi connectivity index (χ2n) is 8.16. The predicted octanol–water partition coefficient (Wildman–Crippen LogP) is 5.34. The lowest BCUT2D eigenvalue weighted by atomic mass is 10.1. The van der Waals surface area contributed by atoms with Crippen LogP contribution in [0.1, 0.15) is 33.2 Å². The number of hydrogen-bond donors (Lipinski definition) is 1. The third-order valence-electron chi connectivity index (χ3n) is 6.24. The van der Waals surface area contributed by atoms with Crippen molar-refractivity contribution in [3.8, 4) is 0 Å². The van der Waals surface area contributed by atoms with Crippen molar-refractivity contribution in [2.24, 2.45) is 0 Å². The average Bonchev–Trinajstić information content (AvgIpc) is 3.25. The summed E-state index contributed by atoms with van der Waals surface area (Å²) < 4.78 is 2.42. The fourth-order valence-corrected chi connectivity index (χ4v) is 5.04. The Morgan fingerprint density at radius 3 is 2.27 bits per heavy atom. The first-order valence-corrected chi connectivity index (χ1v) is 11.1. The van der Waals surface area contributed by atoms with Crippen LogP contribution in [0.5, 0.6) is 0 Å². The SMILES string of the molecule is C=CCc1ccc2c3cc(Br)ccc3n(C(C)(C(=O)O)N3C(=O)c4ccccc4C3=O)c2c1. The predicted molar refractivity (Wildman–Crippen MR) is 129 cm³/mol. The molecule has 2 heterocycles. The summed E-state index contributed by atoms with van der Waals surface area (Å²) >= 11 is 3.49. The fourth-order valence-electron chi connectivity index (χ4n) is 4.68. The molecule has 3 aromatic carbocycles. The van der Waals surface area contributed by atoms with Gasteiger partial charge in [0.1, 0.15) is 0 Å². The van der Waals surface area contributed by atoms with Crippen molar-refractivity contribution in [1.29, 1.82) is 0 Å². The number of amides is 2. The molecule has 0 saturated heterocycles. The van der Waals surface area contributed by atoms with Gasteiger partial charge in [0.05, 0.1) is 22.2 Å². The number of carbonyl (C=O) groups is 3. The number of rotatable bonds is 5. The van der Waals surface area contributed by atoms with Crippen LogP contribution in [0.2, 0.25) is 0 Å². The number of benzene rings is 3. The number of hydrogen-bond acceptors (Lipinski definition) is 3. The van der Waals surface area contributed by atoms with Crippen molar-refractivity contribution in [3.05, 3.63) is 94.5 Å². The van der Waals surface area contributed by atoms with E-state index in [1.807, 2.05) is 30.3 Å². The second-order valence-corrected chi connectivity index (χ2v) is 9.07. The molecule has 4 aromatic rings. The van der Waals surface area contributed by atoms with Crippen LogP contribution >= 0.6 is 15.9 Å². The molecule has 7 heteroatoms. The number of imide groups is 1. The van der Waals surface area contributed by atoms with Gasteiger partial charge in [0.2, 0.25) is 5.66 Å². The summed E-state index contributed by atoms with van der Waals surface area (Å²) in [5.41, 5.74) is 0.551. The van der Waals surface area contributed by atoms with Crippen molar-refractivity contribution >= 4 is 55.5 Å². The van der Waals surface area contributed by atoms with Gasteiger partial charge in [-0.15, -0.1) is 6.58 Å². The van der Waals surface area contributed by atoms with E-state index in [1.54, 1.807) is 41.0 Å². The summed E-state index contributed by atoms with van der Waals surface area (Å²) in [5, 5.41) is 12.2. The Morgan fingerprint density at radius 2 is 1.67 bits per heavy atom. The Morgan fingerprint density at radius 1 is 1.00 bits per heavy atom. The number of allylic oxidation sites excluding steroid dienone is 1. The van der Waals surface area contributed by atoms with Crippen LogP contribution in [-0.2, 0) is 16.9 Å². The molecule has 0 fully saturated rings. The van der Waals surface area contributed by atoms with Gasteiger partial charge in [-0.1, -0.05) is 46.3 Å². The van der Waals surface area contributed by atoms with E-state index in [1.165, 1.54) is 6.92 Å². The van der Waals surface area contributed by atoms with Gasteiger partial charge in [0.25, 0.3) is 11.8 Å². The summed E-state index contributed by atoms with van der Waals surface area (Å²) in [7, 11) is 0. The number of fused-ring (bicyclic) bond motifs is 4. The molecule has 0 bridgehead atoms. The molecule has 1 aliphatic heterocycles. The van der Waals surface area contributed by atoms with Gasteiger partial charge in [0.15, 0.2) is 0 Å². The van der Waals surface area contributed by atoms with Crippen LogP contribution in [0.15, 0.2) is 77.8 Å². The van der Waals surface area contributed by atoms with Gasteiger partial charge in [0, 0.05) is 15.2 Å². The Kier molecular flexibility index (Phi) is 4.76. The minimum Gasteiger partial charge on any atom is -0.478 e. The Hall–Kier alpha value is -3.71. The number of nitrogens with zero attached hydrogens (tertiary/aromatic N) is 2. The number of carboxylic acid groups (broad SMARTS) is 1. The molecule has 1 atom stereocenters. The number of aromatic nitrogens is 1. The van der Waals surface area contributed by atoms with Gasteiger partial charge < -0.3 is 9.67 Å². The quantitative estimate of drug-likeness (QED) is 0.295. The molecule has 1 aromatic heterocycles. The van der Waals surface area contributed by atoms with E-state index in [0.29, 0.717) is 17.5 Å². The fraction of sp³-hybridized carbons (Fsp3) is 0.115. The van der Waals surface area contributed by atoms with E-state index in [-0.39, 0.29) is 11.1 Å². The Balaban J connectivity index is 1.88. The molecule has 0 aliphatic carbocycles. The third-order valence-corrected chi connectivity index (χ3v) is 6.74. The highest BCUT2D eigenvalue weighted by Gasteiger charge is 2.53. The van der Waals surface area contributed by atoms with Crippen molar-refractivity contribution in [3.63, 3.8) is 0 Å². The standard InChI is InChI=1S/C26H19BrN2O4/c1-3-6-15-9-11-17-20-14-16(27)10-12-21(20)28(22(17)13-15)26(2,25(32)33)29-23(30)18-7-4-5-8-19(18)24(29)31/h3-5,7-14H,1,6H2,2H3,(H,32,33). The maximum atomic E-state index is 13.4. The smallest absolute Gasteiger partial charge is 0.351 e. The highest BCUT2D eigenvalue weighted by molar-refractivity contribution is 9.10. The summed E-state index contributed by atoms with van der Waals surface area (Å²) in [5.74, 6) is -2.57. The lowest BCUT2D eigenvalue weighted by Gasteiger charge is -2.36. The van der Waals surface area contributed by atoms with Crippen LogP contribution in [0.3, 0.4) is 0 Å². The minimum atomic E-state index is -2.01.